The molecule has 23 heavy (non-hydrogen) atoms. The van der Waals surface area contributed by atoms with Gasteiger partial charge in [-0.25, -0.2) is 0 Å². The van der Waals surface area contributed by atoms with Gasteiger partial charge in [-0.15, -0.1) is 0 Å². The van der Waals surface area contributed by atoms with Crippen LogP contribution < -0.4 is 0 Å². The highest BCUT2D eigenvalue weighted by Gasteiger charge is 2.03. The van der Waals surface area contributed by atoms with Gasteiger partial charge in [0.15, 0.2) is 0 Å². The second-order valence-electron chi connectivity index (χ2n) is 5.08. The van der Waals surface area contributed by atoms with Gasteiger partial charge in [-0.05, 0) is 54.3 Å². The molecule has 0 bridgehead atoms. The third-order valence-electron chi connectivity index (χ3n) is 2.84. The molecule has 6 heteroatoms. The second kappa shape index (κ2) is 8.65. The molecule has 0 saturated carbocycles. The minimum absolute atomic E-state index is 0.128. The number of hydrogen-bond acceptors (Lipinski definition) is 5. The molecule has 0 atom stereocenters. The molecule has 0 radical (unpaired) electrons. The lowest BCUT2D eigenvalue weighted by atomic mass is 10.1. The fourth-order valence-corrected chi connectivity index (χ4v) is 2.05. The molecule has 0 fully saturated rings. The minimum Gasteiger partial charge on any atom is -0.508 e. The molecule has 2 aromatic carbocycles. The van der Waals surface area contributed by atoms with E-state index in [1.165, 1.54) is 12.1 Å². The van der Waals surface area contributed by atoms with Crippen LogP contribution in [0.5, 0.6) is 17.2 Å². The topological polar surface area (TPSA) is 118 Å². The van der Waals surface area contributed by atoms with Crippen molar-refractivity contribution < 1.29 is 30.3 Å². The van der Waals surface area contributed by atoms with Crippen LogP contribution in [0.3, 0.4) is 0 Å². The van der Waals surface area contributed by atoms with Crippen LogP contribution in [-0.2, 0) is 17.6 Å². The maximum absolute atomic E-state index is 10.2. The standard InChI is InChI=1S/C9H12O2.C8H8O4/c1-7-4-8(2-3-10)6-9(11)5-7;9-6-1-5(3-8(11)12)2-7(10)4-6/h4-6,10-11H,2-3H2,1H3;1-2,4,9-10H,3H2,(H,11,12). The van der Waals surface area contributed by atoms with E-state index in [2.05, 4.69) is 0 Å². The van der Waals surface area contributed by atoms with E-state index in [1.54, 1.807) is 12.1 Å². The number of phenols is 3. The summed E-state index contributed by atoms with van der Waals surface area (Å²) in [5, 5.41) is 44.1. The van der Waals surface area contributed by atoms with Crippen molar-refractivity contribution in [3.05, 3.63) is 53.1 Å². The van der Waals surface area contributed by atoms with Crippen LogP contribution in [0, 0.1) is 6.92 Å². The van der Waals surface area contributed by atoms with Gasteiger partial charge in [-0.2, -0.15) is 0 Å². The molecule has 0 heterocycles. The molecular weight excluding hydrogens is 300 g/mol. The molecule has 0 spiro atoms. The molecule has 0 amide bonds. The number of aliphatic hydroxyl groups excluding tert-OH is 1. The molecule has 0 aliphatic heterocycles. The van der Waals surface area contributed by atoms with Crippen LogP contribution >= 0.6 is 0 Å². The van der Waals surface area contributed by atoms with E-state index in [4.69, 9.17) is 25.5 Å². The highest BCUT2D eigenvalue weighted by Crippen LogP contribution is 2.20. The second-order valence-corrected chi connectivity index (χ2v) is 5.08. The van der Waals surface area contributed by atoms with E-state index in [0.717, 1.165) is 17.2 Å². The lowest BCUT2D eigenvalue weighted by molar-refractivity contribution is -0.136. The summed E-state index contributed by atoms with van der Waals surface area (Å²) in [4.78, 5) is 10.2. The Morgan fingerprint density at radius 2 is 1.39 bits per heavy atom. The summed E-state index contributed by atoms with van der Waals surface area (Å²) >= 11 is 0. The summed E-state index contributed by atoms with van der Waals surface area (Å²) in [6, 6.07) is 9.06. The van der Waals surface area contributed by atoms with Gasteiger partial charge in [-0.1, -0.05) is 6.07 Å². The van der Waals surface area contributed by atoms with E-state index < -0.39 is 5.97 Å². The van der Waals surface area contributed by atoms with Crippen molar-refractivity contribution in [3.8, 4) is 17.2 Å². The first-order chi connectivity index (χ1) is 10.8. The molecule has 0 aliphatic rings. The molecule has 2 rings (SSSR count). The van der Waals surface area contributed by atoms with Gasteiger partial charge < -0.3 is 25.5 Å². The van der Waals surface area contributed by atoms with E-state index in [1.807, 2.05) is 13.0 Å². The van der Waals surface area contributed by atoms with E-state index in [9.17, 15) is 4.79 Å². The Balaban J connectivity index is 0.000000231. The van der Waals surface area contributed by atoms with Gasteiger partial charge in [0.05, 0.1) is 6.42 Å². The number of phenolic OH excluding ortho intramolecular Hbond substituents is 3. The van der Waals surface area contributed by atoms with Gasteiger partial charge in [0.1, 0.15) is 17.2 Å². The zero-order valence-electron chi connectivity index (χ0n) is 12.7. The van der Waals surface area contributed by atoms with Gasteiger partial charge in [-0.3, -0.25) is 4.79 Å². The zero-order chi connectivity index (χ0) is 17.4. The smallest absolute Gasteiger partial charge is 0.307 e. The maximum atomic E-state index is 10.2. The number of benzene rings is 2. The Morgan fingerprint density at radius 1 is 0.870 bits per heavy atom. The van der Waals surface area contributed by atoms with Crippen molar-refractivity contribution in [1.29, 1.82) is 0 Å². The first-order valence-corrected chi connectivity index (χ1v) is 6.94. The van der Waals surface area contributed by atoms with Crippen molar-refractivity contribution in [3.63, 3.8) is 0 Å². The molecule has 0 aromatic heterocycles. The van der Waals surface area contributed by atoms with Crippen molar-refractivity contribution in [2.24, 2.45) is 0 Å². The molecule has 6 nitrogen and oxygen atoms in total. The van der Waals surface area contributed by atoms with Crippen LogP contribution in [-0.4, -0.2) is 38.1 Å². The van der Waals surface area contributed by atoms with Crippen LogP contribution in [0.4, 0.5) is 0 Å². The highest BCUT2D eigenvalue weighted by atomic mass is 16.4. The first kappa shape index (κ1) is 18.3. The number of rotatable bonds is 4. The maximum Gasteiger partial charge on any atom is 0.307 e. The number of hydrogen-bond donors (Lipinski definition) is 5. The normalized spacial score (nSPS) is 9.83. The number of aryl methyl sites for hydroxylation is 1. The van der Waals surface area contributed by atoms with Gasteiger partial charge in [0, 0.05) is 12.7 Å². The van der Waals surface area contributed by atoms with Crippen LogP contribution in [0.2, 0.25) is 0 Å². The van der Waals surface area contributed by atoms with Crippen molar-refractivity contribution >= 4 is 5.97 Å². The van der Waals surface area contributed by atoms with Gasteiger partial charge in [0.2, 0.25) is 0 Å². The Hall–Kier alpha value is -2.73. The number of carboxylic acids is 1. The Morgan fingerprint density at radius 3 is 1.87 bits per heavy atom. The first-order valence-electron chi connectivity index (χ1n) is 6.94. The van der Waals surface area contributed by atoms with E-state index >= 15 is 0 Å². The van der Waals surface area contributed by atoms with Gasteiger partial charge in [0.25, 0.3) is 0 Å². The third-order valence-corrected chi connectivity index (χ3v) is 2.84. The van der Waals surface area contributed by atoms with E-state index in [0.29, 0.717) is 12.0 Å². The predicted octanol–water partition coefficient (Wildman–Crippen LogP) is 1.96. The minimum atomic E-state index is -1.000. The fourth-order valence-electron chi connectivity index (χ4n) is 2.05. The summed E-state index contributed by atoms with van der Waals surface area (Å²) < 4.78 is 0. The summed E-state index contributed by atoms with van der Waals surface area (Å²) in [5.74, 6) is -0.994. The highest BCUT2D eigenvalue weighted by molar-refractivity contribution is 5.70. The third kappa shape index (κ3) is 7.19. The molecule has 0 aliphatic carbocycles. The molecule has 2 aromatic rings. The van der Waals surface area contributed by atoms with Crippen molar-refractivity contribution in [2.45, 2.75) is 19.8 Å². The average Bonchev–Trinajstić information content (AvgIpc) is 2.36. The summed E-state index contributed by atoms with van der Waals surface area (Å²) in [5.41, 5.74) is 2.37. The number of aliphatic hydroxyl groups is 1. The molecular formula is C17H20O6. The lowest BCUT2D eigenvalue weighted by Gasteiger charge is -2.00. The van der Waals surface area contributed by atoms with Crippen LogP contribution in [0.15, 0.2) is 36.4 Å². The van der Waals surface area contributed by atoms with Crippen molar-refractivity contribution in [2.75, 3.05) is 6.61 Å². The fraction of sp³-hybridized carbons (Fsp3) is 0.235. The predicted molar refractivity (Wildman–Crippen MR) is 84.7 cm³/mol. The zero-order valence-corrected chi connectivity index (χ0v) is 12.7. The summed E-state index contributed by atoms with van der Waals surface area (Å²) in [6.45, 7) is 2.05. The van der Waals surface area contributed by atoms with Crippen LogP contribution in [0.25, 0.3) is 0 Å². The molecule has 0 unspecified atom stereocenters. The van der Waals surface area contributed by atoms with Gasteiger partial charge >= 0.3 is 5.97 Å². The van der Waals surface area contributed by atoms with E-state index in [-0.39, 0.29) is 30.3 Å². The quantitative estimate of drug-likeness (QED) is 0.588. The Labute approximate surface area is 133 Å². The summed E-state index contributed by atoms with van der Waals surface area (Å²) in [7, 11) is 0. The molecule has 124 valence electrons. The van der Waals surface area contributed by atoms with Crippen LogP contribution in [0.1, 0.15) is 16.7 Å². The number of carbonyl (C=O) groups is 1. The summed E-state index contributed by atoms with van der Waals surface area (Å²) in [6.07, 6.45) is 0.400. The SMILES string of the molecule is Cc1cc(O)cc(CCO)c1.O=C(O)Cc1cc(O)cc(O)c1. The Kier molecular flexibility index (Phi) is 6.89. The molecule has 0 saturated heterocycles. The number of aliphatic carboxylic acids is 1. The average molecular weight is 320 g/mol. The monoisotopic (exact) mass is 320 g/mol. The largest absolute Gasteiger partial charge is 0.508 e. The van der Waals surface area contributed by atoms with Crippen molar-refractivity contribution in [1.82, 2.24) is 0 Å². The Bertz CT molecular complexity index is 626. The number of carboxylic acid groups (broad SMARTS) is 1. The molecule has 5 N–H and O–H groups in total. The lowest BCUT2D eigenvalue weighted by Crippen LogP contribution is -1.99. The number of aromatic hydroxyl groups is 3.